The third-order valence-corrected chi connectivity index (χ3v) is 2.53. The number of carbonyl (C=O) groups excluding carboxylic acids is 1. The zero-order chi connectivity index (χ0) is 11.3. The van der Waals surface area contributed by atoms with Crippen LogP contribution in [-0.4, -0.2) is 49.6 Å². The molecule has 1 heterocycles. The summed E-state index contributed by atoms with van der Waals surface area (Å²) >= 11 is 0. The van der Waals surface area contributed by atoms with E-state index in [9.17, 15) is 4.79 Å². The highest BCUT2D eigenvalue weighted by atomic mass is 16.2. The van der Waals surface area contributed by atoms with Crippen LogP contribution >= 0.6 is 0 Å². The van der Waals surface area contributed by atoms with Crippen LogP contribution < -0.4 is 10.6 Å². The lowest BCUT2D eigenvalue weighted by Gasteiger charge is -2.31. The molecular weight excluding hydrogens is 190 g/mol. The molecule has 0 bridgehead atoms. The molecule has 1 aliphatic heterocycles. The van der Waals surface area contributed by atoms with Gasteiger partial charge in [-0.2, -0.15) is 0 Å². The number of piperazine rings is 1. The van der Waals surface area contributed by atoms with E-state index in [1.807, 2.05) is 0 Å². The Morgan fingerprint density at radius 2 is 2.33 bits per heavy atom. The van der Waals surface area contributed by atoms with Gasteiger partial charge in [0, 0.05) is 32.2 Å². The molecule has 1 fully saturated rings. The van der Waals surface area contributed by atoms with Crippen LogP contribution in [-0.2, 0) is 4.79 Å². The predicted molar refractivity (Wildman–Crippen MR) is 61.8 cm³/mol. The number of hydrogen-bond acceptors (Lipinski definition) is 3. The van der Waals surface area contributed by atoms with E-state index in [2.05, 4.69) is 36.3 Å². The first-order valence-electron chi connectivity index (χ1n) is 5.80. The average molecular weight is 213 g/mol. The van der Waals surface area contributed by atoms with Crippen molar-refractivity contribution in [3.63, 3.8) is 0 Å². The molecular formula is C11H23N3O. The van der Waals surface area contributed by atoms with Gasteiger partial charge in [0.25, 0.3) is 0 Å². The van der Waals surface area contributed by atoms with Gasteiger partial charge < -0.3 is 10.6 Å². The maximum atomic E-state index is 11.5. The SMILES string of the molecule is CC(C)CNC(=O)CN1CCNC(C)C1. The smallest absolute Gasteiger partial charge is 0.234 e. The first-order chi connectivity index (χ1) is 7.08. The van der Waals surface area contributed by atoms with Crippen LogP contribution in [0.25, 0.3) is 0 Å². The Balaban J connectivity index is 2.19. The van der Waals surface area contributed by atoms with Gasteiger partial charge >= 0.3 is 0 Å². The Morgan fingerprint density at radius 1 is 1.60 bits per heavy atom. The summed E-state index contributed by atoms with van der Waals surface area (Å²) in [7, 11) is 0. The summed E-state index contributed by atoms with van der Waals surface area (Å²) in [5, 5.41) is 6.31. The summed E-state index contributed by atoms with van der Waals surface area (Å²) in [6.45, 7) is 10.6. The van der Waals surface area contributed by atoms with Crippen LogP contribution in [0.15, 0.2) is 0 Å². The summed E-state index contributed by atoms with van der Waals surface area (Å²) in [5.74, 6) is 0.675. The van der Waals surface area contributed by atoms with Crippen LogP contribution in [0.5, 0.6) is 0 Å². The molecule has 0 aromatic heterocycles. The molecule has 0 aromatic rings. The van der Waals surface area contributed by atoms with Crippen LogP contribution in [0.3, 0.4) is 0 Å². The average Bonchev–Trinajstić information content (AvgIpc) is 2.15. The molecule has 4 heteroatoms. The molecule has 15 heavy (non-hydrogen) atoms. The van der Waals surface area contributed by atoms with Gasteiger partial charge in [-0.15, -0.1) is 0 Å². The second kappa shape index (κ2) is 6.08. The van der Waals surface area contributed by atoms with E-state index in [1.54, 1.807) is 0 Å². The zero-order valence-electron chi connectivity index (χ0n) is 10.0. The van der Waals surface area contributed by atoms with E-state index < -0.39 is 0 Å². The van der Waals surface area contributed by atoms with Crippen molar-refractivity contribution in [1.29, 1.82) is 0 Å². The van der Waals surface area contributed by atoms with Crippen LogP contribution in [0.4, 0.5) is 0 Å². The molecule has 1 aliphatic rings. The van der Waals surface area contributed by atoms with E-state index >= 15 is 0 Å². The van der Waals surface area contributed by atoms with Crippen LogP contribution in [0, 0.1) is 5.92 Å². The van der Waals surface area contributed by atoms with Crippen molar-refractivity contribution in [2.45, 2.75) is 26.8 Å². The standard InChI is InChI=1S/C11H23N3O/c1-9(2)6-13-11(15)8-14-5-4-12-10(3)7-14/h9-10,12H,4-8H2,1-3H3,(H,13,15). The molecule has 4 nitrogen and oxygen atoms in total. The minimum absolute atomic E-state index is 0.151. The lowest BCUT2D eigenvalue weighted by Crippen LogP contribution is -2.52. The molecule has 1 unspecified atom stereocenters. The largest absolute Gasteiger partial charge is 0.355 e. The minimum Gasteiger partial charge on any atom is -0.355 e. The number of rotatable bonds is 4. The fraction of sp³-hybridized carbons (Fsp3) is 0.909. The normalized spacial score (nSPS) is 23.1. The summed E-state index contributed by atoms with van der Waals surface area (Å²) < 4.78 is 0. The Morgan fingerprint density at radius 3 is 2.93 bits per heavy atom. The molecule has 0 radical (unpaired) electrons. The Kier molecular flexibility index (Phi) is 5.05. The van der Waals surface area contributed by atoms with Gasteiger partial charge in [0.15, 0.2) is 0 Å². The Bertz CT molecular complexity index is 206. The molecule has 1 atom stereocenters. The van der Waals surface area contributed by atoms with Crippen molar-refractivity contribution in [1.82, 2.24) is 15.5 Å². The first kappa shape index (κ1) is 12.5. The first-order valence-corrected chi connectivity index (χ1v) is 5.80. The lowest BCUT2D eigenvalue weighted by molar-refractivity contribution is -0.122. The highest BCUT2D eigenvalue weighted by molar-refractivity contribution is 5.78. The van der Waals surface area contributed by atoms with Gasteiger partial charge in [0.1, 0.15) is 0 Å². The minimum atomic E-state index is 0.151. The molecule has 0 saturated carbocycles. The predicted octanol–water partition coefficient (Wildman–Crippen LogP) is 0.0523. The van der Waals surface area contributed by atoms with Gasteiger partial charge in [0.05, 0.1) is 6.54 Å². The molecule has 0 aromatic carbocycles. The van der Waals surface area contributed by atoms with Crippen LogP contribution in [0.2, 0.25) is 0 Å². The fourth-order valence-electron chi connectivity index (χ4n) is 1.73. The third kappa shape index (κ3) is 5.14. The van der Waals surface area contributed by atoms with Crippen molar-refractivity contribution < 1.29 is 4.79 Å². The maximum absolute atomic E-state index is 11.5. The summed E-state index contributed by atoms with van der Waals surface area (Å²) in [6, 6.07) is 0.497. The van der Waals surface area contributed by atoms with E-state index in [0.717, 1.165) is 26.2 Å². The molecule has 1 amide bonds. The van der Waals surface area contributed by atoms with Gasteiger partial charge in [-0.05, 0) is 12.8 Å². The van der Waals surface area contributed by atoms with Crippen LogP contribution in [0.1, 0.15) is 20.8 Å². The number of nitrogens with one attached hydrogen (secondary N) is 2. The lowest BCUT2D eigenvalue weighted by atomic mass is 10.2. The van der Waals surface area contributed by atoms with Crippen molar-refractivity contribution in [2.75, 3.05) is 32.7 Å². The molecule has 2 N–H and O–H groups in total. The number of hydrogen-bond donors (Lipinski definition) is 2. The summed E-state index contributed by atoms with van der Waals surface area (Å²) in [6.07, 6.45) is 0. The summed E-state index contributed by atoms with van der Waals surface area (Å²) in [4.78, 5) is 13.8. The van der Waals surface area contributed by atoms with E-state index in [4.69, 9.17) is 0 Å². The van der Waals surface area contributed by atoms with Crippen molar-refractivity contribution in [3.8, 4) is 0 Å². The van der Waals surface area contributed by atoms with Gasteiger partial charge in [-0.25, -0.2) is 0 Å². The van der Waals surface area contributed by atoms with E-state index in [-0.39, 0.29) is 5.91 Å². The molecule has 1 saturated heterocycles. The topological polar surface area (TPSA) is 44.4 Å². The highest BCUT2D eigenvalue weighted by Gasteiger charge is 2.17. The number of nitrogens with zero attached hydrogens (tertiary/aromatic N) is 1. The molecule has 0 spiro atoms. The van der Waals surface area contributed by atoms with Crippen molar-refractivity contribution >= 4 is 5.91 Å². The fourth-order valence-corrected chi connectivity index (χ4v) is 1.73. The third-order valence-electron chi connectivity index (χ3n) is 2.53. The Labute approximate surface area is 92.4 Å². The second-order valence-corrected chi connectivity index (χ2v) is 4.79. The molecule has 1 rings (SSSR count). The van der Waals surface area contributed by atoms with E-state index in [0.29, 0.717) is 18.5 Å². The number of amides is 1. The highest BCUT2D eigenvalue weighted by Crippen LogP contribution is 1.97. The van der Waals surface area contributed by atoms with E-state index in [1.165, 1.54) is 0 Å². The quantitative estimate of drug-likeness (QED) is 0.694. The second-order valence-electron chi connectivity index (χ2n) is 4.79. The monoisotopic (exact) mass is 213 g/mol. The van der Waals surface area contributed by atoms with Gasteiger partial charge in [0.2, 0.25) is 5.91 Å². The maximum Gasteiger partial charge on any atom is 0.234 e. The molecule has 88 valence electrons. The van der Waals surface area contributed by atoms with Gasteiger partial charge in [-0.1, -0.05) is 13.8 Å². The molecule has 0 aliphatic carbocycles. The Hall–Kier alpha value is -0.610. The van der Waals surface area contributed by atoms with Gasteiger partial charge in [-0.3, -0.25) is 9.69 Å². The number of carbonyl (C=O) groups is 1. The van der Waals surface area contributed by atoms with Crippen molar-refractivity contribution in [3.05, 3.63) is 0 Å². The zero-order valence-corrected chi connectivity index (χ0v) is 10.0. The van der Waals surface area contributed by atoms with Crippen molar-refractivity contribution in [2.24, 2.45) is 5.92 Å². The summed E-state index contributed by atoms with van der Waals surface area (Å²) in [5.41, 5.74) is 0.